The molecule has 0 fully saturated rings. The molecule has 0 saturated carbocycles. The molecule has 100 valence electrons. The van der Waals surface area contributed by atoms with Gasteiger partial charge in [-0.2, -0.15) is 0 Å². The fraction of sp³-hybridized carbons (Fsp3) is 0.600. The van der Waals surface area contributed by atoms with Gasteiger partial charge in [-0.1, -0.05) is 12.1 Å². The van der Waals surface area contributed by atoms with E-state index in [0.29, 0.717) is 6.04 Å². The van der Waals surface area contributed by atoms with E-state index in [-0.39, 0.29) is 0 Å². The van der Waals surface area contributed by atoms with Gasteiger partial charge >= 0.3 is 0 Å². The molecule has 2 N–H and O–H groups in total. The van der Waals surface area contributed by atoms with E-state index < -0.39 is 0 Å². The zero-order chi connectivity index (χ0) is 13.0. The van der Waals surface area contributed by atoms with E-state index in [0.717, 1.165) is 44.7 Å². The number of rotatable bonds is 5. The van der Waals surface area contributed by atoms with Gasteiger partial charge in [0.05, 0.1) is 6.61 Å². The van der Waals surface area contributed by atoms with Crippen molar-refractivity contribution < 1.29 is 4.74 Å². The Morgan fingerprint density at radius 2 is 2.28 bits per heavy atom. The third kappa shape index (κ3) is 3.24. The van der Waals surface area contributed by atoms with E-state index >= 15 is 0 Å². The van der Waals surface area contributed by atoms with Crippen molar-refractivity contribution in [1.29, 1.82) is 0 Å². The topological polar surface area (TPSA) is 38.5 Å². The quantitative estimate of drug-likeness (QED) is 0.868. The lowest BCUT2D eigenvalue weighted by atomic mass is 10.0. The molecule has 3 nitrogen and oxygen atoms in total. The molecule has 2 rings (SSSR count). The number of ether oxygens (including phenoxy) is 1. The highest BCUT2D eigenvalue weighted by atomic mass is 16.5. The van der Waals surface area contributed by atoms with Gasteiger partial charge in [0.15, 0.2) is 0 Å². The normalized spacial score (nSPS) is 16.2. The molecule has 18 heavy (non-hydrogen) atoms. The van der Waals surface area contributed by atoms with E-state index in [1.54, 1.807) is 0 Å². The highest BCUT2D eigenvalue weighted by Gasteiger charge is 2.13. The van der Waals surface area contributed by atoms with Gasteiger partial charge in [0.1, 0.15) is 5.75 Å². The minimum Gasteiger partial charge on any atom is -0.493 e. The predicted molar refractivity (Wildman–Crippen MR) is 74.9 cm³/mol. The van der Waals surface area contributed by atoms with Gasteiger partial charge in [0.2, 0.25) is 0 Å². The molecule has 1 aromatic rings. The second-order valence-corrected chi connectivity index (χ2v) is 5.24. The largest absolute Gasteiger partial charge is 0.493 e. The van der Waals surface area contributed by atoms with E-state index in [1.165, 1.54) is 11.1 Å². The second-order valence-electron chi connectivity index (χ2n) is 5.24. The van der Waals surface area contributed by atoms with Crippen LogP contribution < -0.4 is 10.5 Å². The Morgan fingerprint density at radius 1 is 1.44 bits per heavy atom. The second kappa shape index (κ2) is 6.21. The number of hydrogen-bond acceptors (Lipinski definition) is 3. The molecule has 0 aromatic heterocycles. The third-order valence-electron chi connectivity index (χ3n) is 3.74. The van der Waals surface area contributed by atoms with Gasteiger partial charge in [-0.05, 0) is 57.0 Å². The molecular formula is C15H24N2O. The molecule has 0 radical (unpaired) electrons. The summed E-state index contributed by atoms with van der Waals surface area (Å²) in [4.78, 5) is 2.36. The molecular weight excluding hydrogens is 224 g/mol. The van der Waals surface area contributed by atoms with Crippen LogP contribution in [0, 0.1) is 0 Å². The summed E-state index contributed by atoms with van der Waals surface area (Å²) in [6, 6.07) is 7.11. The van der Waals surface area contributed by atoms with Crippen LogP contribution in [-0.2, 0) is 13.0 Å². The van der Waals surface area contributed by atoms with Crippen molar-refractivity contribution in [1.82, 2.24) is 4.90 Å². The lowest BCUT2D eigenvalue weighted by Crippen LogP contribution is -2.30. The zero-order valence-electron chi connectivity index (χ0n) is 11.5. The Balaban J connectivity index is 2.01. The maximum absolute atomic E-state index is 5.64. The van der Waals surface area contributed by atoms with E-state index in [4.69, 9.17) is 10.5 Å². The monoisotopic (exact) mass is 248 g/mol. The van der Waals surface area contributed by atoms with Gasteiger partial charge in [0.25, 0.3) is 0 Å². The molecule has 0 bridgehead atoms. The van der Waals surface area contributed by atoms with Crippen molar-refractivity contribution >= 4 is 0 Å². The summed E-state index contributed by atoms with van der Waals surface area (Å²) in [7, 11) is 2.16. The van der Waals surface area contributed by atoms with Gasteiger partial charge < -0.3 is 10.5 Å². The number of fused-ring (bicyclic) bond motifs is 1. The first-order valence-electron chi connectivity index (χ1n) is 6.85. The Hall–Kier alpha value is -1.06. The predicted octanol–water partition coefficient (Wildman–Crippen LogP) is 2.18. The van der Waals surface area contributed by atoms with E-state index in [1.807, 2.05) is 0 Å². The Morgan fingerprint density at radius 3 is 3.06 bits per heavy atom. The van der Waals surface area contributed by atoms with Gasteiger partial charge in [0, 0.05) is 12.6 Å². The van der Waals surface area contributed by atoms with Crippen molar-refractivity contribution in [2.75, 3.05) is 20.2 Å². The summed E-state index contributed by atoms with van der Waals surface area (Å²) in [5.41, 5.74) is 8.33. The van der Waals surface area contributed by atoms with Gasteiger partial charge in [-0.25, -0.2) is 0 Å². The Bertz CT molecular complexity index is 392. The average molecular weight is 248 g/mol. The molecule has 0 spiro atoms. The zero-order valence-corrected chi connectivity index (χ0v) is 11.5. The molecule has 1 aromatic carbocycles. The fourth-order valence-electron chi connectivity index (χ4n) is 2.42. The Labute approximate surface area is 110 Å². The summed E-state index contributed by atoms with van der Waals surface area (Å²) < 4.78 is 5.64. The summed E-state index contributed by atoms with van der Waals surface area (Å²) in [5.74, 6) is 1.07. The first-order valence-corrected chi connectivity index (χ1v) is 6.85. The van der Waals surface area contributed by atoms with Crippen molar-refractivity contribution in [2.45, 2.75) is 38.8 Å². The molecule has 0 aliphatic carbocycles. The van der Waals surface area contributed by atoms with Crippen LogP contribution in [0.5, 0.6) is 5.75 Å². The van der Waals surface area contributed by atoms with Crippen LogP contribution in [0.1, 0.15) is 30.9 Å². The maximum Gasteiger partial charge on any atom is 0.122 e. The van der Waals surface area contributed by atoms with Crippen LogP contribution in [0.25, 0.3) is 0 Å². The smallest absolute Gasteiger partial charge is 0.122 e. The lowest BCUT2D eigenvalue weighted by molar-refractivity contribution is 0.240. The highest BCUT2D eigenvalue weighted by Crippen LogP contribution is 2.26. The lowest BCUT2D eigenvalue weighted by Gasteiger charge is -2.25. The van der Waals surface area contributed by atoms with Crippen molar-refractivity contribution in [2.24, 2.45) is 5.73 Å². The van der Waals surface area contributed by atoms with Crippen molar-refractivity contribution in [3.8, 4) is 5.75 Å². The highest BCUT2D eigenvalue weighted by molar-refractivity contribution is 5.38. The SMILES string of the molecule is CC(CCN)N(C)Cc1ccc2c(c1)CCCO2. The summed E-state index contributed by atoms with van der Waals surface area (Å²) >= 11 is 0. The molecule has 1 unspecified atom stereocenters. The number of nitrogens with zero attached hydrogens (tertiary/aromatic N) is 1. The van der Waals surface area contributed by atoms with Crippen LogP contribution in [0.4, 0.5) is 0 Å². The third-order valence-corrected chi connectivity index (χ3v) is 3.74. The van der Waals surface area contributed by atoms with Gasteiger partial charge in [-0.3, -0.25) is 4.90 Å². The van der Waals surface area contributed by atoms with Crippen molar-refractivity contribution in [3.63, 3.8) is 0 Å². The summed E-state index contributed by atoms with van der Waals surface area (Å²) in [5, 5.41) is 0. The molecule has 3 heteroatoms. The number of aryl methyl sites for hydroxylation is 1. The van der Waals surface area contributed by atoms with Crippen LogP contribution in [0.2, 0.25) is 0 Å². The Kier molecular flexibility index (Phi) is 4.61. The molecule has 1 heterocycles. The number of hydrogen-bond donors (Lipinski definition) is 1. The van der Waals surface area contributed by atoms with E-state index in [2.05, 4.69) is 37.1 Å². The molecule has 0 amide bonds. The number of nitrogens with two attached hydrogens (primary N) is 1. The maximum atomic E-state index is 5.64. The molecule has 1 atom stereocenters. The van der Waals surface area contributed by atoms with Crippen LogP contribution in [0.3, 0.4) is 0 Å². The molecule has 1 aliphatic rings. The van der Waals surface area contributed by atoms with Crippen LogP contribution in [-0.4, -0.2) is 31.1 Å². The standard InChI is InChI=1S/C15H24N2O/c1-12(7-8-16)17(2)11-13-5-6-15-14(10-13)4-3-9-18-15/h5-6,10,12H,3-4,7-9,11,16H2,1-2H3. The van der Waals surface area contributed by atoms with Crippen LogP contribution in [0.15, 0.2) is 18.2 Å². The number of benzene rings is 1. The minimum atomic E-state index is 0.530. The van der Waals surface area contributed by atoms with Crippen LogP contribution >= 0.6 is 0 Å². The average Bonchev–Trinajstić information content (AvgIpc) is 2.39. The summed E-state index contributed by atoms with van der Waals surface area (Å²) in [6.45, 7) is 4.83. The summed E-state index contributed by atoms with van der Waals surface area (Å²) in [6.07, 6.45) is 3.33. The first-order chi connectivity index (χ1) is 8.70. The minimum absolute atomic E-state index is 0.530. The van der Waals surface area contributed by atoms with Crippen molar-refractivity contribution in [3.05, 3.63) is 29.3 Å². The molecule has 0 saturated heterocycles. The van der Waals surface area contributed by atoms with E-state index in [9.17, 15) is 0 Å². The molecule has 1 aliphatic heterocycles. The van der Waals surface area contributed by atoms with Gasteiger partial charge in [-0.15, -0.1) is 0 Å². The first kappa shape index (κ1) is 13.4. The fourth-order valence-corrected chi connectivity index (χ4v) is 2.42.